The van der Waals surface area contributed by atoms with Crippen LogP contribution in [0.4, 0.5) is 0 Å². The monoisotopic (exact) mass is 317 g/mol. The molecule has 0 aliphatic heterocycles. The molecule has 0 aromatic heterocycles. The zero-order chi connectivity index (χ0) is 11.8. The van der Waals surface area contributed by atoms with Crippen molar-refractivity contribution < 1.29 is 4.79 Å². The van der Waals surface area contributed by atoms with Gasteiger partial charge in [-0.15, -0.1) is 12.4 Å². The Hall–Kier alpha value is -0.380. The minimum absolute atomic E-state index is 0. The molecule has 0 bridgehead atoms. The van der Waals surface area contributed by atoms with Gasteiger partial charge in [-0.25, -0.2) is 0 Å². The molecule has 94 valence electrons. The largest absolute Gasteiger partial charge is 0.327 e. The third-order valence-corrected chi connectivity index (χ3v) is 4.43. The fourth-order valence-corrected chi connectivity index (χ4v) is 2.79. The van der Waals surface area contributed by atoms with Crippen LogP contribution < -0.4 is 5.73 Å². The lowest BCUT2D eigenvalue weighted by Crippen LogP contribution is -2.40. The number of hydrogen-bond donors (Lipinski definition) is 1. The highest BCUT2D eigenvalue weighted by Gasteiger charge is 2.44. The van der Waals surface area contributed by atoms with E-state index < -0.39 is 0 Å². The second-order valence-corrected chi connectivity index (χ2v) is 5.61. The lowest BCUT2D eigenvalue weighted by atomic mass is 9.78. The van der Waals surface area contributed by atoms with E-state index in [1.807, 2.05) is 31.2 Å². The first-order valence-electron chi connectivity index (χ1n) is 5.56. The van der Waals surface area contributed by atoms with Gasteiger partial charge in [-0.3, -0.25) is 4.79 Å². The van der Waals surface area contributed by atoms with Crippen molar-refractivity contribution in [2.75, 3.05) is 0 Å². The fraction of sp³-hybridized carbons (Fsp3) is 0.462. The van der Waals surface area contributed by atoms with E-state index in [0.29, 0.717) is 12.2 Å². The van der Waals surface area contributed by atoms with Gasteiger partial charge in [-0.1, -0.05) is 41.1 Å². The second-order valence-electron chi connectivity index (χ2n) is 4.75. The van der Waals surface area contributed by atoms with Crippen LogP contribution in [0.1, 0.15) is 25.3 Å². The average molecular weight is 319 g/mol. The van der Waals surface area contributed by atoms with Crippen LogP contribution in [0.2, 0.25) is 0 Å². The van der Waals surface area contributed by atoms with Crippen LogP contribution in [0, 0.1) is 5.41 Å². The van der Waals surface area contributed by atoms with Crippen molar-refractivity contribution in [3.63, 3.8) is 0 Å². The van der Waals surface area contributed by atoms with E-state index in [9.17, 15) is 4.79 Å². The molecule has 4 heteroatoms. The first-order valence-corrected chi connectivity index (χ1v) is 6.35. The number of carbonyl (C=O) groups excluding carboxylic acids is 1. The van der Waals surface area contributed by atoms with Crippen LogP contribution >= 0.6 is 28.3 Å². The molecule has 2 atom stereocenters. The van der Waals surface area contributed by atoms with Crippen LogP contribution in [-0.2, 0) is 11.2 Å². The van der Waals surface area contributed by atoms with Gasteiger partial charge in [0.25, 0.3) is 0 Å². The molecule has 1 fully saturated rings. The van der Waals surface area contributed by atoms with E-state index in [1.54, 1.807) is 0 Å². The standard InChI is InChI=1S/C13H16BrNO.ClH/c1-13(11(15)6-7-12(13)16)8-9-4-2-3-5-10(9)14;/h2-5,11H,6-8,15H2,1H3;1H/t11-,13-;/m1./s1. The smallest absolute Gasteiger partial charge is 0.140 e. The Bertz CT molecular complexity index is 424. The summed E-state index contributed by atoms with van der Waals surface area (Å²) in [6, 6.07) is 8.02. The van der Waals surface area contributed by atoms with Crippen molar-refractivity contribution in [2.24, 2.45) is 11.1 Å². The Morgan fingerprint density at radius 2 is 2.12 bits per heavy atom. The van der Waals surface area contributed by atoms with Gasteiger partial charge in [0.15, 0.2) is 0 Å². The van der Waals surface area contributed by atoms with Crippen LogP contribution in [0.5, 0.6) is 0 Å². The molecule has 2 nitrogen and oxygen atoms in total. The topological polar surface area (TPSA) is 43.1 Å². The quantitative estimate of drug-likeness (QED) is 0.910. The molecule has 2 N–H and O–H groups in total. The molecule has 17 heavy (non-hydrogen) atoms. The number of ketones is 1. The molecular formula is C13H17BrClNO. The van der Waals surface area contributed by atoms with Crippen LogP contribution in [0.25, 0.3) is 0 Å². The maximum Gasteiger partial charge on any atom is 0.140 e. The molecule has 0 radical (unpaired) electrons. The molecular weight excluding hydrogens is 302 g/mol. The Labute approximate surface area is 117 Å². The van der Waals surface area contributed by atoms with Crippen molar-refractivity contribution in [1.29, 1.82) is 0 Å². The van der Waals surface area contributed by atoms with Gasteiger partial charge in [-0.05, 0) is 24.5 Å². The molecule has 0 spiro atoms. The number of hydrogen-bond acceptors (Lipinski definition) is 2. The summed E-state index contributed by atoms with van der Waals surface area (Å²) in [5, 5.41) is 0. The second kappa shape index (κ2) is 5.51. The summed E-state index contributed by atoms with van der Waals surface area (Å²) >= 11 is 3.52. The lowest BCUT2D eigenvalue weighted by molar-refractivity contribution is -0.125. The molecule has 0 heterocycles. The highest BCUT2D eigenvalue weighted by atomic mass is 79.9. The Balaban J connectivity index is 0.00000144. The van der Waals surface area contributed by atoms with E-state index in [1.165, 1.54) is 0 Å². The summed E-state index contributed by atoms with van der Waals surface area (Å²) in [5.74, 6) is 0.302. The van der Waals surface area contributed by atoms with Crippen molar-refractivity contribution in [3.05, 3.63) is 34.3 Å². The fourth-order valence-electron chi connectivity index (χ4n) is 2.36. The summed E-state index contributed by atoms with van der Waals surface area (Å²) in [4.78, 5) is 11.9. The first kappa shape index (κ1) is 14.7. The summed E-state index contributed by atoms with van der Waals surface area (Å²) in [6.45, 7) is 1.99. The Morgan fingerprint density at radius 1 is 1.47 bits per heavy atom. The SMILES string of the molecule is C[C@]1(Cc2ccccc2Br)C(=O)CC[C@H]1N.Cl. The number of halogens is 2. The van der Waals surface area contributed by atoms with Gasteiger partial charge in [0.1, 0.15) is 5.78 Å². The summed E-state index contributed by atoms with van der Waals surface area (Å²) in [6.07, 6.45) is 2.18. The number of nitrogens with two attached hydrogens (primary N) is 1. The normalized spacial score (nSPS) is 27.9. The number of Topliss-reactive ketones (excluding diaryl/α,β-unsaturated/α-hetero) is 1. The highest BCUT2D eigenvalue weighted by molar-refractivity contribution is 9.10. The van der Waals surface area contributed by atoms with Gasteiger partial charge >= 0.3 is 0 Å². The van der Waals surface area contributed by atoms with Crippen molar-refractivity contribution in [3.8, 4) is 0 Å². The van der Waals surface area contributed by atoms with Gasteiger partial charge in [-0.2, -0.15) is 0 Å². The summed E-state index contributed by atoms with van der Waals surface area (Å²) in [7, 11) is 0. The molecule has 0 unspecified atom stereocenters. The Morgan fingerprint density at radius 3 is 2.65 bits per heavy atom. The van der Waals surface area contributed by atoms with Crippen molar-refractivity contribution >= 4 is 34.1 Å². The summed E-state index contributed by atoms with van der Waals surface area (Å²) in [5.41, 5.74) is 6.84. The third kappa shape index (κ3) is 2.72. The average Bonchev–Trinajstić information content (AvgIpc) is 2.50. The number of rotatable bonds is 2. The van der Waals surface area contributed by atoms with Gasteiger partial charge in [0.05, 0.1) is 0 Å². The molecule has 0 amide bonds. The maximum absolute atomic E-state index is 11.9. The molecule has 1 aliphatic carbocycles. The van der Waals surface area contributed by atoms with Crippen molar-refractivity contribution in [1.82, 2.24) is 0 Å². The lowest BCUT2D eigenvalue weighted by Gasteiger charge is -2.27. The van der Waals surface area contributed by atoms with E-state index in [-0.39, 0.29) is 23.9 Å². The zero-order valence-electron chi connectivity index (χ0n) is 9.78. The predicted molar refractivity (Wildman–Crippen MR) is 75.4 cm³/mol. The maximum atomic E-state index is 11.9. The Kier molecular flexibility index (Phi) is 4.76. The molecule has 1 aliphatic rings. The number of benzene rings is 1. The van der Waals surface area contributed by atoms with E-state index in [2.05, 4.69) is 15.9 Å². The molecule has 2 rings (SSSR count). The van der Waals surface area contributed by atoms with Crippen molar-refractivity contribution in [2.45, 2.75) is 32.2 Å². The predicted octanol–water partition coefficient (Wildman–Crippen LogP) is 3.11. The minimum Gasteiger partial charge on any atom is -0.327 e. The minimum atomic E-state index is -0.385. The van der Waals surface area contributed by atoms with Crippen LogP contribution in [0.15, 0.2) is 28.7 Å². The van der Waals surface area contributed by atoms with Crippen LogP contribution in [-0.4, -0.2) is 11.8 Å². The van der Waals surface area contributed by atoms with Gasteiger partial charge in [0.2, 0.25) is 0 Å². The molecule has 0 saturated heterocycles. The molecule has 1 aromatic carbocycles. The van der Waals surface area contributed by atoms with E-state index in [0.717, 1.165) is 22.9 Å². The van der Waals surface area contributed by atoms with Crippen LogP contribution in [0.3, 0.4) is 0 Å². The highest BCUT2D eigenvalue weighted by Crippen LogP contribution is 2.37. The van der Waals surface area contributed by atoms with E-state index in [4.69, 9.17) is 5.73 Å². The molecule has 1 saturated carbocycles. The first-order chi connectivity index (χ1) is 7.54. The van der Waals surface area contributed by atoms with Gasteiger partial charge < -0.3 is 5.73 Å². The van der Waals surface area contributed by atoms with Gasteiger partial charge in [0, 0.05) is 22.4 Å². The summed E-state index contributed by atoms with van der Waals surface area (Å²) < 4.78 is 1.06. The van der Waals surface area contributed by atoms with E-state index >= 15 is 0 Å². The zero-order valence-corrected chi connectivity index (χ0v) is 12.2. The molecule has 1 aromatic rings. The number of carbonyl (C=O) groups is 1. The third-order valence-electron chi connectivity index (χ3n) is 3.65.